The van der Waals surface area contributed by atoms with Crippen molar-refractivity contribution in [3.8, 4) is 0 Å². The molecular formula is C16H23NO3. The van der Waals surface area contributed by atoms with Crippen molar-refractivity contribution in [3.63, 3.8) is 0 Å². The number of rotatable bonds is 6. The molecule has 1 aromatic rings. The van der Waals surface area contributed by atoms with Gasteiger partial charge in [-0.2, -0.15) is 0 Å². The molecule has 20 heavy (non-hydrogen) atoms. The molecule has 0 saturated heterocycles. The van der Waals surface area contributed by atoms with E-state index < -0.39 is 5.97 Å². The number of nitrogens with zero attached hydrogens (tertiary/aromatic N) is 1. The summed E-state index contributed by atoms with van der Waals surface area (Å²) in [5, 5.41) is 8.86. The number of carboxylic acid groups (broad SMARTS) is 1. The Labute approximate surface area is 120 Å². The lowest BCUT2D eigenvalue weighted by Gasteiger charge is -2.25. The predicted octanol–water partition coefficient (Wildman–Crippen LogP) is 3.16. The third-order valence-electron chi connectivity index (χ3n) is 3.30. The molecule has 1 N–H and O–H groups in total. The molecule has 0 aliphatic carbocycles. The van der Waals surface area contributed by atoms with E-state index in [-0.39, 0.29) is 24.8 Å². The van der Waals surface area contributed by atoms with Gasteiger partial charge < -0.3 is 10.0 Å². The number of aryl methyl sites for hydroxylation is 1. The zero-order valence-corrected chi connectivity index (χ0v) is 12.6. The van der Waals surface area contributed by atoms with Crippen LogP contribution in [0.4, 0.5) is 5.69 Å². The van der Waals surface area contributed by atoms with Crippen LogP contribution in [-0.2, 0) is 9.59 Å². The molecule has 0 radical (unpaired) electrons. The van der Waals surface area contributed by atoms with Crippen LogP contribution in [0, 0.1) is 19.8 Å². The Morgan fingerprint density at radius 2 is 1.90 bits per heavy atom. The van der Waals surface area contributed by atoms with Crippen LogP contribution in [0.15, 0.2) is 18.2 Å². The Balaban J connectivity index is 3.05. The second-order valence-electron chi connectivity index (χ2n) is 5.51. The van der Waals surface area contributed by atoms with Gasteiger partial charge in [0.15, 0.2) is 0 Å². The lowest BCUT2D eigenvalue weighted by molar-refractivity contribution is -0.136. The number of anilines is 1. The molecule has 1 aromatic carbocycles. The topological polar surface area (TPSA) is 57.6 Å². The average molecular weight is 277 g/mol. The lowest BCUT2D eigenvalue weighted by Crippen LogP contribution is -2.34. The molecule has 0 heterocycles. The van der Waals surface area contributed by atoms with E-state index >= 15 is 0 Å². The van der Waals surface area contributed by atoms with Gasteiger partial charge in [0.2, 0.25) is 5.91 Å². The monoisotopic (exact) mass is 277 g/mol. The van der Waals surface area contributed by atoms with Gasteiger partial charge >= 0.3 is 5.97 Å². The summed E-state index contributed by atoms with van der Waals surface area (Å²) in [6, 6.07) is 5.76. The minimum absolute atomic E-state index is 0.0186. The van der Waals surface area contributed by atoms with Gasteiger partial charge in [0.25, 0.3) is 0 Å². The van der Waals surface area contributed by atoms with Crippen LogP contribution in [-0.4, -0.2) is 23.5 Å². The van der Waals surface area contributed by atoms with E-state index in [9.17, 15) is 9.59 Å². The number of aliphatic carboxylic acids is 1. The number of hydrogen-bond donors (Lipinski definition) is 1. The second kappa shape index (κ2) is 7.08. The first kappa shape index (κ1) is 16.2. The van der Waals surface area contributed by atoms with Crippen LogP contribution in [0.25, 0.3) is 0 Å². The van der Waals surface area contributed by atoms with E-state index in [2.05, 4.69) is 0 Å². The molecule has 0 atom stereocenters. The van der Waals surface area contributed by atoms with E-state index in [4.69, 9.17) is 5.11 Å². The number of amides is 1. The van der Waals surface area contributed by atoms with Crippen LogP contribution in [0.5, 0.6) is 0 Å². The molecule has 0 saturated carbocycles. The van der Waals surface area contributed by atoms with Gasteiger partial charge in [-0.1, -0.05) is 26.0 Å². The van der Waals surface area contributed by atoms with Crippen molar-refractivity contribution in [1.29, 1.82) is 0 Å². The minimum atomic E-state index is -0.891. The maximum atomic E-state index is 12.4. The summed E-state index contributed by atoms with van der Waals surface area (Å²) >= 11 is 0. The summed E-state index contributed by atoms with van der Waals surface area (Å²) < 4.78 is 0. The summed E-state index contributed by atoms with van der Waals surface area (Å²) in [5.41, 5.74) is 2.94. The smallest absolute Gasteiger partial charge is 0.305 e. The number of carbonyl (C=O) groups is 2. The average Bonchev–Trinajstić information content (AvgIpc) is 2.33. The molecule has 0 fully saturated rings. The Hall–Kier alpha value is -1.84. The summed E-state index contributed by atoms with van der Waals surface area (Å²) in [7, 11) is 0. The highest BCUT2D eigenvalue weighted by Gasteiger charge is 2.19. The fourth-order valence-corrected chi connectivity index (χ4v) is 2.07. The van der Waals surface area contributed by atoms with Gasteiger partial charge in [0.1, 0.15) is 0 Å². The third kappa shape index (κ3) is 4.37. The van der Waals surface area contributed by atoms with Gasteiger partial charge in [0, 0.05) is 18.7 Å². The van der Waals surface area contributed by atoms with Crippen LogP contribution >= 0.6 is 0 Å². The largest absolute Gasteiger partial charge is 0.481 e. The number of carboxylic acids is 1. The van der Waals surface area contributed by atoms with Crippen molar-refractivity contribution in [3.05, 3.63) is 29.3 Å². The van der Waals surface area contributed by atoms with Crippen LogP contribution in [0.3, 0.4) is 0 Å². The maximum absolute atomic E-state index is 12.4. The van der Waals surface area contributed by atoms with Crippen LogP contribution in [0.1, 0.15) is 37.8 Å². The summed E-state index contributed by atoms with van der Waals surface area (Å²) in [6.07, 6.45) is 0.379. The Kier molecular flexibility index (Phi) is 5.74. The van der Waals surface area contributed by atoms with Crippen molar-refractivity contribution in [2.75, 3.05) is 11.4 Å². The highest BCUT2D eigenvalue weighted by Crippen LogP contribution is 2.24. The highest BCUT2D eigenvalue weighted by atomic mass is 16.4. The molecule has 4 heteroatoms. The maximum Gasteiger partial charge on any atom is 0.305 e. The molecule has 0 spiro atoms. The standard InChI is InChI=1S/C16H23NO3/c1-11(2)10-15(18)17(9-8-16(19)20)14-7-5-6-12(3)13(14)4/h5-7,11H,8-10H2,1-4H3,(H,19,20). The molecule has 0 aliphatic heterocycles. The fraction of sp³-hybridized carbons (Fsp3) is 0.500. The molecule has 0 bridgehead atoms. The number of benzene rings is 1. The van der Waals surface area contributed by atoms with E-state index in [1.54, 1.807) is 4.90 Å². The van der Waals surface area contributed by atoms with Crippen molar-refractivity contribution in [1.82, 2.24) is 0 Å². The third-order valence-corrected chi connectivity index (χ3v) is 3.30. The van der Waals surface area contributed by atoms with Gasteiger partial charge in [-0.3, -0.25) is 9.59 Å². The molecule has 0 aromatic heterocycles. The quantitative estimate of drug-likeness (QED) is 0.869. The van der Waals surface area contributed by atoms with E-state index in [0.29, 0.717) is 6.42 Å². The Morgan fingerprint density at radius 1 is 1.25 bits per heavy atom. The van der Waals surface area contributed by atoms with Crippen molar-refractivity contribution in [2.24, 2.45) is 5.92 Å². The van der Waals surface area contributed by atoms with Gasteiger partial charge in [-0.05, 0) is 37.0 Å². The first-order valence-electron chi connectivity index (χ1n) is 6.91. The summed E-state index contributed by atoms with van der Waals surface area (Å²) in [6.45, 7) is 8.13. The first-order valence-corrected chi connectivity index (χ1v) is 6.91. The number of carbonyl (C=O) groups excluding carboxylic acids is 1. The highest BCUT2D eigenvalue weighted by molar-refractivity contribution is 5.94. The van der Waals surface area contributed by atoms with Gasteiger partial charge in [0.05, 0.1) is 6.42 Å². The second-order valence-corrected chi connectivity index (χ2v) is 5.51. The van der Waals surface area contributed by atoms with E-state index in [1.807, 2.05) is 45.9 Å². The lowest BCUT2D eigenvalue weighted by atomic mass is 10.0. The van der Waals surface area contributed by atoms with Crippen LogP contribution in [0.2, 0.25) is 0 Å². The Bertz CT molecular complexity index is 494. The predicted molar refractivity (Wildman–Crippen MR) is 80.0 cm³/mol. The molecule has 1 rings (SSSR count). The zero-order chi connectivity index (χ0) is 15.3. The SMILES string of the molecule is Cc1cccc(N(CCC(=O)O)C(=O)CC(C)C)c1C. The first-order chi connectivity index (χ1) is 9.32. The molecule has 0 unspecified atom stereocenters. The molecular weight excluding hydrogens is 254 g/mol. The van der Waals surface area contributed by atoms with E-state index in [0.717, 1.165) is 16.8 Å². The molecule has 110 valence electrons. The minimum Gasteiger partial charge on any atom is -0.481 e. The summed E-state index contributed by atoms with van der Waals surface area (Å²) in [4.78, 5) is 24.8. The van der Waals surface area contributed by atoms with Crippen molar-refractivity contribution < 1.29 is 14.7 Å². The van der Waals surface area contributed by atoms with Crippen molar-refractivity contribution in [2.45, 2.75) is 40.5 Å². The van der Waals surface area contributed by atoms with Gasteiger partial charge in [-0.15, -0.1) is 0 Å². The molecule has 1 amide bonds. The van der Waals surface area contributed by atoms with Gasteiger partial charge in [-0.25, -0.2) is 0 Å². The van der Waals surface area contributed by atoms with E-state index in [1.165, 1.54) is 0 Å². The summed E-state index contributed by atoms with van der Waals surface area (Å²) in [5.74, 6) is -0.660. The Morgan fingerprint density at radius 3 is 2.45 bits per heavy atom. The zero-order valence-electron chi connectivity index (χ0n) is 12.6. The fourth-order valence-electron chi connectivity index (χ4n) is 2.07. The normalized spacial score (nSPS) is 10.7. The number of hydrogen-bond acceptors (Lipinski definition) is 2. The molecule has 4 nitrogen and oxygen atoms in total. The molecule has 0 aliphatic rings. The van der Waals surface area contributed by atoms with Crippen LogP contribution < -0.4 is 4.90 Å². The van der Waals surface area contributed by atoms with Crippen molar-refractivity contribution >= 4 is 17.6 Å².